The number of carbonyl (C=O) groups is 1. The number of carbonyl (C=O) groups excluding carboxylic acids is 1. The van der Waals surface area contributed by atoms with Crippen molar-refractivity contribution in [3.05, 3.63) is 64.8 Å². The van der Waals surface area contributed by atoms with Gasteiger partial charge in [0, 0.05) is 21.7 Å². The van der Waals surface area contributed by atoms with Gasteiger partial charge in [-0.1, -0.05) is 28.1 Å². The largest absolute Gasteiger partial charge is 0.361 e. The summed E-state index contributed by atoms with van der Waals surface area (Å²) in [5, 5.41) is 3.92. The first-order valence-corrected chi connectivity index (χ1v) is 6.66. The van der Waals surface area contributed by atoms with E-state index in [1.165, 1.54) is 0 Å². The molecule has 0 unspecified atom stereocenters. The van der Waals surface area contributed by atoms with Gasteiger partial charge >= 0.3 is 0 Å². The van der Waals surface area contributed by atoms with Crippen molar-refractivity contribution in [3.8, 4) is 0 Å². The minimum atomic E-state index is -0.115. The summed E-state index contributed by atoms with van der Waals surface area (Å²) < 4.78 is 0.983. The van der Waals surface area contributed by atoms with Gasteiger partial charge in [-0.25, -0.2) is 0 Å². The SMILES string of the molecule is O=C(Nc1ccc(Br)cc1)c1cccc2cc[nH]c12. The molecular weight excluding hydrogens is 304 g/mol. The van der Waals surface area contributed by atoms with E-state index in [1.807, 2.05) is 54.7 Å². The Bertz CT molecular complexity index is 731. The Hall–Kier alpha value is -2.07. The van der Waals surface area contributed by atoms with E-state index in [1.54, 1.807) is 0 Å². The molecule has 0 aliphatic heterocycles. The highest BCUT2D eigenvalue weighted by atomic mass is 79.9. The number of anilines is 1. The lowest BCUT2D eigenvalue weighted by atomic mass is 10.1. The van der Waals surface area contributed by atoms with Gasteiger partial charge in [-0.2, -0.15) is 0 Å². The van der Waals surface area contributed by atoms with Gasteiger partial charge in [-0.05, 0) is 36.4 Å². The van der Waals surface area contributed by atoms with Crippen molar-refractivity contribution in [1.82, 2.24) is 4.98 Å². The summed E-state index contributed by atoms with van der Waals surface area (Å²) in [5.41, 5.74) is 2.28. The highest BCUT2D eigenvalue weighted by molar-refractivity contribution is 9.10. The van der Waals surface area contributed by atoms with Crippen molar-refractivity contribution in [3.63, 3.8) is 0 Å². The number of H-pyrrole nitrogens is 1. The van der Waals surface area contributed by atoms with Gasteiger partial charge in [0.05, 0.1) is 11.1 Å². The van der Waals surface area contributed by atoms with E-state index in [0.717, 1.165) is 21.1 Å². The summed E-state index contributed by atoms with van der Waals surface area (Å²) in [6.45, 7) is 0. The predicted molar refractivity (Wildman–Crippen MR) is 80.4 cm³/mol. The zero-order valence-corrected chi connectivity index (χ0v) is 11.6. The van der Waals surface area contributed by atoms with Crippen LogP contribution in [0.15, 0.2) is 59.2 Å². The number of hydrogen-bond acceptors (Lipinski definition) is 1. The highest BCUT2D eigenvalue weighted by Crippen LogP contribution is 2.19. The third-order valence-corrected chi connectivity index (χ3v) is 3.46. The van der Waals surface area contributed by atoms with Crippen LogP contribution in [-0.2, 0) is 0 Å². The number of benzene rings is 2. The van der Waals surface area contributed by atoms with E-state index in [0.29, 0.717) is 5.56 Å². The Morgan fingerprint density at radius 2 is 1.84 bits per heavy atom. The van der Waals surface area contributed by atoms with Crippen LogP contribution >= 0.6 is 15.9 Å². The number of nitrogens with one attached hydrogen (secondary N) is 2. The number of amides is 1. The van der Waals surface area contributed by atoms with Gasteiger partial charge in [0.2, 0.25) is 0 Å². The highest BCUT2D eigenvalue weighted by Gasteiger charge is 2.10. The molecule has 2 N–H and O–H groups in total. The van der Waals surface area contributed by atoms with Gasteiger partial charge in [0.15, 0.2) is 0 Å². The van der Waals surface area contributed by atoms with Crippen molar-refractivity contribution in [2.75, 3.05) is 5.32 Å². The van der Waals surface area contributed by atoms with Crippen LogP contribution in [0.25, 0.3) is 10.9 Å². The lowest BCUT2D eigenvalue weighted by Gasteiger charge is -2.06. The molecule has 3 nitrogen and oxygen atoms in total. The third-order valence-electron chi connectivity index (χ3n) is 2.93. The molecule has 3 rings (SSSR count). The number of fused-ring (bicyclic) bond motifs is 1. The lowest BCUT2D eigenvalue weighted by Crippen LogP contribution is -2.12. The number of para-hydroxylation sites is 1. The van der Waals surface area contributed by atoms with Gasteiger partial charge in [-0.3, -0.25) is 4.79 Å². The molecule has 19 heavy (non-hydrogen) atoms. The fourth-order valence-electron chi connectivity index (χ4n) is 2.01. The van der Waals surface area contributed by atoms with E-state index in [-0.39, 0.29) is 5.91 Å². The molecule has 0 atom stereocenters. The van der Waals surface area contributed by atoms with Crippen molar-refractivity contribution in [1.29, 1.82) is 0 Å². The molecule has 1 aromatic heterocycles. The average molecular weight is 315 g/mol. The molecule has 0 radical (unpaired) electrons. The molecule has 1 amide bonds. The minimum absolute atomic E-state index is 0.115. The first-order chi connectivity index (χ1) is 9.24. The Kier molecular flexibility index (Phi) is 3.09. The molecule has 1 heterocycles. The van der Waals surface area contributed by atoms with Crippen LogP contribution in [0.1, 0.15) is 10.4 Å². The summed E-state index contributed by atoms with van der Waals surface area (Å²) in [7, 11) is 0. The van der Waals surface area contributed by atoms with E-state index < -0.39 is 0 Å². The maximum Gasteiger partial charge on any atom is 0.257 e. The quantitative estimate of drug-likeness (QED) is 0.732. The molecule has 0 aliphatic rings. The predicted octanol–water partition coefficient (Wildman–Crippen LogP) is 4.18. The summed E-state index contributed by atoms with van der Waals surface area (Å²) in [5.74, 6) is -0.115. The van der Waals surface area contributed by atoms with Crippen molar-refractivity contribution in [2.24, 2.45) is 0 Å². The number of aromatic nitrogens is 1. The summed E-state index contributed by atoms with van der Waals surface area (Å²) in [6.07, 6.45) is 1.83. The maximum atomic E-state index is 12.3. The summed E-state index contributed by atoms with van der Waals surface area (Å²) >= 11 is 3.37. The van der Waals surface area contributed by atoms with E-state index in [2.05, 4.69) is 26.2 Å². The van der Waals surface area contributed by atoms with Gasteiger partial charge in [0.1, 0.15) is 0 Å². The number of hydrogen-bond donors (Lipinski definition) is 2. The lowest BCUT2D eigenvalue weighted by molar-refractivity contribution is 0.102. The maximum absolute atomic E-state index is 12.3. The second-order valence-electron chi connectivity index (χ2n) is 4.21. The van der Waals surface area contributed by atoms with Crippen LogP contribution in [0.3, 0.4) is 0 Å². The van der Waals surface area contributed by atoms with Crippen LogP contribution < -0.4 is 5.32 Å². The van der Waals surface area contributed by atoms with E-state index >= 15 is 0 Å². The van der Waals surface area contributed by atoms with Crippen molar-refractivity contribution in [2.45, 2.75) is 0 Å². The fourth-order valence-corrected chi connectivity index (χ4v) is 2.27. The normalized spacial score (nSPS) is 10.6. The minimum Gasteiger partial charge on any atom is -0.361 e. The fraction of sp³-hybridized carbons (Fsp3) is 0. The molecule has 0 aliphatic carbocycles. The van der Waals surface area contributed by atoms with E-state index in [4.69, 9.17) is 0 Å². The first kappa shape index (κ1) is 12.0. The molecule has 0 fully saturated rings. The molecule has 0 saturated carbocycles. The molecule has 3 aromatic rings. The molecule has 0 saturated heterocycles. The van der Waals surface area contributed by atoms with Crippen LogP contribution in [0, 0.1) is 0 Å². The van der Waals surface area contributed by atoms with Crippen LogP contribution in [0.4, 0.5) is 5.69 Å². The number of rotatable bonds is 2. The van der Waals surface area contributed by atoms with Gasteiger partial charge < -0.3 is 10.3 Å². The number of halogens is 1. The Labute approximate surface area is 118 Å². The van der Waals surface area contributed by atoms with E-state index in [9.17, 15) is 4.79 Å². The number of aromatic amines is 1. The van der Waals surface area contributed by atoms with Crippen LogP contribution in [0.2, 0.25) is 0 Å². The first-order valence-electron chi connectivity index (χ1n) is 5.87. The molecule has 2 aromatic carbocycles. The zero-order chi connectivity index (χ0) is 13.2. The van der Waals surface area contributed by atoms with Crippen molar-refractivity contribution < 1.29 is 4.79 Å². The summed E-state index contributed by atoms with van der Waals surface area (Å²) in [6, 6.07) is 15.1. The van der Waals surface area contributed by atoms with Gasteiger partial charge in [-0.15, -0.1) is 0 Å². The Balaban J connectivity index is 1.92. The Morgan fingerprint density at radius 1 is 1.05 bits per heavy atom. The second-order valence-corrected chi connectivity index (χ2v) is 5.12. The average Bonchev–Trinajstić information content (AvgIpc) is 2.89. The Morgan fingerprint density at radius 3 is 2.63 bits per heavy atom. The molecule has 0 spiro atoms. The van der Waals surface area contributed by atoms with Crippen LogP contribution in [-0.4, -0.2) is 10.9 Å². The zero-order valence-electron chi connectivity index (χ0n) is 9.98. The van der Waals surface area contributed by atoms with Crippen LogP contribution in [0.5, 0.6) is 0 Å². The molecule has 94 valence electrons. The van der Waals surface area contributed by atoms with Gasteiger partial charge in [0.25, 0.3) is 5.91 Å². The molecule has 4 heteroatoms. The standard InChI is InChI=1S/C15H11BrN2O/c16-11-4-6-12(7-5-11)18-15(19)13-3-1-2-10-8-9-17-14(10)13/h1-9,17H,(H,18,19). The van der Waals surface area contributed by atoms with Crippen molar-refractivity contribution >= 4 is 38.4 Å². The second kappa shape index (κ2) is 4.90. The molecule has 0 bridgehead atoms. The third kappa shape index (κ3) is 2.39. The monoisotopic (exact) mass is 314 g/mol. The topological polar surface area (TPSA) is 44.9 Å². The smallest absolute Gasteiger partial charge is 0.257 e. The molecular formula is C15H11BrN2O. The summed E-state index contributed by atoms with van der Waals surface area (Å²) in [4.78, 5) is 15.4.